The molecule has 0 fully saturated rings. The Balaban J connectivity index is 2.35. The Morgan fingerprint density at radius 1 is 1.38 bits per heavy atom. The van der Waals surface area contributed by atoms with Gasteiger partial charge in [0.05, 0.1) is 16.5 Å². The third-order valence-corrected chi connectivity index (χ3v) is 5.08. The second-order valence-electron chi connectivity index (χ2n) is 3.97. The predicted molar refractivity (Wildman–Crippen MR) is 85.4 cm³/mol. The highest BCUT2D eigenvalue weighted by molar-refractivity contribution is 9.10. The first-order chi connectivity index (χ1) is 9.94. The van der Waals surface area contributed by atoms with Crippen LogP contribution in [0.3, 0.4) is 0 Å². The second kappa shape index (κ2) is 6.64. The number of halogens is 2. The summed E-state index contributed by atoms with van der Waals surface area (Å²) in [5.41, 5.74) is 0.283. The normalized spacial score (nSPS) is 11.2. The number of anilines is 1. The van der Waals surface area contributed by atoms with Crippen LogP contribution in [-0.2, 0) is 10.0 Å². The molecule has 0 saturated carbocycles. The summed E-state index contributed by atoms with van der Waals surface area (Å²) in [6.07, 6.45) is 1.53. The first-order valence-electron chi connectivity index (χ1n) is 5.99. The third-order valence-electron chi connectivity index (χ3n) is 2.50. The number of nitrogens with one attached hydrogen (secondary N) is 1. The highest BCUT2D eigenvalue weighted by atomic mass is 79.9. The minimum atomic E-state index is -3.75. The number of rotatable bonds is 5. The number of hydrogen-bond acceptors (Lipinski definition) is 4. The van der Waals surface area contributed by atoms with Crippen molar-refractivity contribution >= 4 is 43.2 Å². The van der Waals surface area contributed by atoms with Gasteiger partial charge in [0.2, 0.25) is 5.88 Å². The maximum absolute atomic E-state index is 12.4. The van der Waals surface area contributed by atoms with E-state index < -0.39 is 10.0 Å². The molecular formula is C13H12BrClN2O3S. The van der Waals surface area contributed by atoms with E-state index in [1.165, 1.54) is 24.4 Å². The van der Waals surface area contributed by atoms with Crippen LogP contribution in [-0.4, -0.2) is 20.0 Å². The molecule has 5 nitrogen and oxygen atoms in total. The van der Waals surface area contributed by atoms with Gasteiger partial charge in [0.1, 0.15) is 5.69 Å². The smallest absolute Gasteiger partial charge is 0.262 e. The van der Waals surface area contributed by atoms with Gasteiger partial charge in [-0.25, -0.2) is 13.4 Å². The number of aromatic nitrogens is 1. The molecule has 0 aliphatic rings. The molecule has 1 aromatic heterocycles. The standard InChI is InChI=1S/C13H12BrClN2O3S/c1-2-20-13-12(4-3-7-16-13)17-21(18,19)9-5-6-11(15)10(14)8-9/h3-8,17H,2H2,1H3. The zero-order chi connectivity index (χ0) is 15.5. The van der Waals surface area contributed by atoms with Crippen molar-refractivity contribution in [1.29, 1.82) is 0 Å². The van der Waals surface area contributed by atoms with E-state index in [2.05, 4.69) is 25.6 Å². The van der Waals surface area contributed by atoms with Gasteiger partial charge in [-0.3, -0.25) is 4.72 Å². The first kappa shape index (κ1) is 16.1. The summed E-state index contributed by atoms with van der Waals surface area (Å²) < 4.78 is 33.0. The molecule has 1 N–H and O–H groups in total. The Morgan fingerprint density at radius 2 is 2.14 bits per heavy atom. The topological polar surface area (TPSA) is 68.3 Å². The summed E-state index contributed by atoms with van der Waals surface area (Å²) in [5.74, 6) is 0.233. The van der Waals surface area contributed by atoms with Crippen LogP contribution in [0.1, 0.15) is 6.92 Å². The molecule has 0 bridgehead atoms. The van der Waals surface area contributed by atoms with Crippen molar-refractivity contribution in [2.45, 2.75) is 11.8 Å². The summed E-state index contributed by atoms with van der Waals surface area (Å²) in [6.45, 7) is 2.18. The van der Waals surface area contributed by atoms with Crippen molar-refractivity contribution in [3.05, 3.63) is 46.0 Å². The lowest BCUT2D eigenvalue weighted by Gasteiger charge is -2.12. The van der Waals surface area contributed by atoms with Gasteiger partial charge in [-0.2, -0.15) is 0 Å². The molecular weight excluding hydrogens is 380 g/mol. The third kappa shape index (κ3) is 3.87. The number of benzene rings is 1. The van der Waals surface area contributed by atoms with Gasteiger partial charge in [0.15, 0.2) is 0 Å². The first-order valence-corrected chi connectivity index (χ1v) is 8.65. The summed E-state index contributed by atoms with van der Waals surface area (Å²) >= 11 is 9.07. The molecule has 0 radical (unpaired) electrons. The molecule has 1 heterocycles. The highest BCUT2D eigenvalue weighted by Gasteiger charge is 2.18. The Kier molecular flexibility index (Phi) is 5.08. The van der Waals surface area contributed by atoms with E-state index in [-0.39, 0.29) is 16.5 Å². The van der Waals surface area contributed by atoms with Crippen molar-refractivity contribution in [3.63, 3.8) is 0 Å². The molecule has 0 amide bonds. The monoisotopic (exact) mass is 390 g/mol. The maximum Gasteiger partial charge on any atom is 0.262 e. The molecule has 0 unspecified atom stereocenters. The molecule has 21 heavy (non-hydrogen) atoms. The van der Waals surface area contributed by atoms with Gasteiger partial charge in [0, 0.05) is 10.7 Å². The molecule has 1 aromatic carbocycles. The summed E-state index contributed by atoms with van der Waals surface area (Å²) in [5, 5.41) is 0.435. The Bertz CT molecular complexity index is 753. The highest BCUT2D eigenvalue weighted by Crippen LogP contribution is 2.28. The molecule has 0 spiro atoms. The van der Waals surface area contributed by atoms with E-state index in [0.29, 0.717) is 16.1 Å². The van der Waals surface area contributed by atoms with Crippen LogP contribution in [0.5, 0.6) is 5.88 Å². The fraction of sp³-hybridized carbons (Fsp3) is 0.154. The summed E-state index contributed by atoms with van der Waals surface area (Å²) in [7, 11) is -3.75. The van der Waals surface area contributed by atoms with Crippen LogP contribution in [0.25, 0.3) is 0 Å². The number of hydrogen-bond donors (Lipinski definition) is 1. The van der Waals surface area contributed by atoms with Crippen LogP contribution >= 0.6 is 27.5 Å². The summed E-state index contributed by atoms with van der Waals surface area (Å²) in [6, 6.07) is 7.57. The van der Waals surface area contributed by atoms with Crippen molar-refractivity contribution in [2.24, 2.45) is 0 Å². The molecule has 2 aromatic rings. The molecule has 8 heteroatoms. The van der Waals surface area contributed by atoms with Crippen LogP contribution < -0.4 is 9.46 Å². The van der Waals surface area contributed by atoms with Crippen molar-refractivity contribution in [1.82, 2.24) is 4.98 Å². The fourth-order valence-corrected chi connectivity index (χ4v) is 3.30. The predicted octanol–water partition coefficient (Wildman–Crippen LogP) is 3.70. The van der Waals surface area contributed by atoms with E-state index in [0.717, 1.165) is 0 Å². The molecule has 0 aliphatic carbocycles. The average molecular weight is 392 g/mol. The zero-order valence-electron chi connectivity index (χ0n) is 11.0. The fourth-order valence-electron chi connectivity index (χ4n) is 1.57. The second-order valence-corrected chi connectivity index (χ2v) is 6.91. The molecule has 112 valence electrons. The Morgan fingerprint density at radius 3 is 2.81 bits per heavy atom. The van der Waals surface area contributed by atoms with Crippen LogP contribution in [0.4, 0.5) is 5.69 Å². The summed E-state index contributed by atoms with van der Waals surface area (Å²) in [4.78, 5) is 4.09. The number of ether oxygens (including phenoxy) is 1. The van der Waals surface area contributed by atoms with Crippen molar-refractivity contribution in [3.8, 4) is 5.88 Å². The van der Waals surface area contributed by atoms with Gasteiger partial charge in [-0.05, 0) is 53.2 Å². The van der Waals surface area contributed by atoms with E-state index in [1.807, 2.05) is 0 Å². The van der Waals surface area contributed by atoms with Crippen molar-refractivity contribution < 1.29 is 13.2 Å². The quantitative estimate of drug-likeness (QED) is 0.844. The lowest BCUT2D eigenvalue weighted by atomic mass is 10.4. The minimum absolute atomic E-state index is 0.0880. The van der Waals surface area contributed by atoms with Crippen LogP contribution in [0.2, 0.25) is 5.02 Å². The SMILES string of the molecule is CCOc1ncccc1NS(=O)(=O)c1ccc(Cl)c(Br)c1. The minimum Gasteiger partial charge on any atom is -0.476 e. The van der Waals surface area contributed by atoms with Crippen LogP contribution in [0.15, 0.2) is 45.9 Å². The molecule has 0 aliphatic heterocycles. The number of nitrogens with zero attached hydrogens (tertiary/aromatic N) is 1. The maximum atomic E-state index is 12.4. The van der Waals surface area contributed by atoms with E-state index in [9.17, 15) is 8.42 Å². The Labute approximate surface area is 136 Å². The number of pyridine rings is 1. The largest absolute Gasteiger partial charge is 0.476 e. The van der Waals surface area contributed by atoms with Gasteiger partial charge >= 0.3 is 0 Å². The lowest BCUT2D eigenvalue weighted by Crippen LogP contribution is -2.14. The van der Waals surface area contributed by atoms with Crippen LogP contribution in [0, 0.1) is 0 Å². The van der Waals surface area contributed by atoms with Gasteiger partial charge in [-0.1, -0.05) is 11.6 Å². The lowest BCUT2D eigenvalue weighted by molar-refractivity contribution is 0.329. The number of sulfonamides is 1. The van der Waals surface area contributed by atoms with E-state index >= 15 is 0 Å². The molecule has 0 atom stereocenters. The molecule has 0 saturated heterocycles. The van der Waals surface area contributed by atoms with E-state index in [1.54, 1.807) is 19.1 Å². The average Bonchev–Trinajstić information content (AvgIpc) is 2.44. The van der Waals surface area contributed by atoms with Crippen molar-refractivity contribution in [2.75, 3.05) is 11.3 Å². The Hall–Kier alpha value is -1.31. The zero-order valence-corrected chi connectivity index (χ0v) is 14.2. The van der Waals surface area contributed by atoms with Gasteiger partial charge in [-0.15, -0.1) is 0 Å². The molecule has 2 rings (SSSR count). The van der Waals surface area contributed by atoms with E-state index in [4.69, 9.17) is 16.3 Å². The van der Waals surface area contributed by atoms with Gasteiger partial charge < -0.3 is 4.74 Å². The van der Waals surface area contributed by atoms with Gasteiger partial charge in [0.25, 0.3) is 10.0 Å².